The van der Waals surface area contributed by atoms with Gasteiger partial charge < -0.3 is 56.1 Å². The first-order valence-corrected chi connectivity index (χ1v) is 33.1. The summed E-state index contributed by atoms with van der Waals surface area (Å²) in [6, 6.07) is 107. The zero-order chi connectivity index (χ0) is 68.6. The Labute approximate surface area is 822 Å². The van der Waals surface area contributed by atoms with E-state index in [1.807, 2.05) is 274 Å². The number of benzene rings is 11. The molecule has 0 atom stereocenters. The Morgan fingerprint density at radius 3 is 0.857 bits per heavy atom. The fourth-order valence-corrected chi connectivity index (χ4v) is 7.75. The molecule has 1 heterocycles. The van der Waals surface area contributed by atoms with E-state index in [9.17, 15) is 0 Å². The first-order chi connectivity index (χ1) is 47.7. The summed E-state index contributed by atoms with van der Waals surface area (Å²) >= 11 is 1.75. The number of aromatic nitrogens is 2. The molecule has 0 bridgehead atoms. The number of rotatable bonds is 17. The minimum Gasteiger partial charge on any atom is -0.449 e. The van der Waals surface area contributed by atoms with Crippen molar-refractivity contribution in [2.24, 2.45) is 30.0 Å². The van der Waals surface area contributed by atoms with Crippen LogP contribution in [0.1, 0.15) is 59.7 Å². The second-order valence-corrected chi connectivity index (χ2v) is 19.7. The molecule has 0 amide bonds. The van der Waals surface area contributed by atoms with Crippen LogP contribution in [0.3, 0.4) is 0 Å². The molecular formula is C85H65Au3ClN10Y6-17. The molecule has 0 saturated carbocycles. The van der Waals surface area contributed by atoms with Gasteiger partial charge in [0.05, 0.1) is 0 Å². The molecule has 1 aromatic heterocycles. The number of hydrogen-bond donors (Lipinski definition) is 0. The van der Waals surface area contributed by atoms with E-state index in [0.717, 1.165) is 90.0 Å². The number of anilines is 1. The summed E-state index contributed by atoms with van der Waals surface area (Å²) in [5.41, 5.74) is 12.9. The Bertz CT molecular complexity index is 3770. The van der Waals surface area contributed by atoms with Gasteiger partial charge in [0, 0.05) is 261 Å². The molecule has 12 aromatic rings. The van der Waals surface area contributed by atoms with E-state index in [4.69, 9.17) is 6.42 Å². The van der Waals surface area contributed by atoms with Crippen molar-refractivity contribution in [3.05, 3.63) is 367 Å². The second kappa shape index (κ2) is 68.0. The van der Waals surface area contributed by atoms with Crippen molar-refractivity contribution >= 4 is 86.3 Å². The van der Waals surface area contributed by atoms with Crippen LogP contribution < -0.4 is 9.88 Å². The summed E-state index contributed by atoms with van der Waals surface area (Å²) < 4.78 is 0. The molecule has 12 rings (SSSR count). The monoisotopic (exact) mass is 2380 g/mol. The minimum absolute atomic E-state index is 0. The first kappa shape index (κ1) is 106. The van der Waals surface area contributed by atoms with Crippen molar-refractivity contribution in [2.45, 2.75) is 20.8 Å². The number of nitrogens with zero attached hydrogens (tertiary/aromatic N) is 10. The number of aliphatic imine (C=N–C) groups is 6. The van der Waals surface area contributed by atoms with E-state index >= 15 is 0 Å². The van der Waals surface area contributed by atoms with Crippen molar-refractivity contribution in [2.75, 3.05) is 38.6 Å². The van der Waals surface area contributed by atoms with E-state index < -0.39 is 0 Å². The molecular weight excluding hydrogens is 2320 g/mol. The van der Waals surface area contributed by atoms with Gasteiger partial charge in [-0.25, -0.2) is 125 Å². The second-order valence-electron chi connectivity index (χ2n) is 19.7. The van der Waals surface area contributed by atoms with Gasteiger partial charge in [-0.2, -0.15) is 146 Å². The maximum atomic E-state index is 6.86. The molecule has 0 fully saturated rings. The minimum atomic E-state index is 0. The molecule has 0 aliphatic carbocycles. The van der Waals surface area contributed by atoms with Gasteiger partial charge >= 0.3 is 29.2 Å². The van der Waals surface area contributed by atoms with Crippen LogP contribution in [-0.4, -0.2) is 80.9 Å². The average Bonchev–Trinajstić information content (AvgIpc) is 1.70. The standard InChI is InChI=1S/3C20H11N2.C10H10N.C9H7N2.C6H15N.3Au.ClH.6Y/c3*1-3-10-19(11-4-1)21-15-17-8-7-9-18(14-17)16-22-20-12-5-2-6-13-20;1-4-9-5-7-10(8-6-9)11(2)3;1-2-4-8(5-3-1)9-6-10-7-11-9;1-4-7(5-2)6-3;;;;;;;;;;/h3*1-10,12H;5-8H,2-3H3;1-7H;4-6H2,1-3H3;;;;1H;;;;;;/q3*-5;2*-1;;;;+1;;;;;;;/p-1. The van der Waals surface area contributed by atoms with Crippen LogP contribution in [0.25, 0.3) is 11.3 Å². The zero-order valence-corrected chi connectivity index (χ0v) is 82.5. The number of hydrogen-bond acceptors (Lipinski definition) is 9. The largest absolute Gasteiger partial charge is 0.449 e. The Kier molecular flexibility index (Phi) is 68.8. The van der Waals surface area contributed by atoms with E-state index in [0.29, 0.717) is 0 Å². The predicted octanol–water partition coefficient (Wildman–Crippen LogP) is 18.4. The van der Waals surface area contributed by atoms with Crippen LogP contribution >= 0.6 is 9.19 Å². The quantitative estimate of drug-likeness (QED) is 0.0392. The van der Waals surface area contributed by atoms with Crippen LogP contribution in [0.15, 0.2) is 297 Å². The topological polar surface area (TPSA) is 108 Å². The van der Waals surface area contributed by atoms with Gasteiger partial charge in [0.15, 0.2) is 0 Å². The van der Waals surface area contributed by atoms with Crippen molar-refractivity contribution in [1.82, 2.24) is 14.9 Å². The van der Waals surface area contributed by atoms with Crippen LogP contribution in [0.2, 0.25) is 0 Å². The molecule has 0 saturated heterocycles. The SMILES string of the molecule is CCN(CC)CC.[Au].[Au].[C-]#Cc1ccc(N(C)C)cc1.[C-](=Nc1[c-]cccc1)c1[c-]c([C-]=Nc2[c-]cccc2)ccc1.[C-](=Nc1[c-]cccc1)c1[c-]c([C-]=Nc2[c-]cccc2)ccc1.[C-](=Nc1[c-]cccc1)c1[c-]c([C-]=Nc2[c-]cccc2)ccc1.[Cl][Au].[Y].[Y].[Y].[Y].[Y].[Y].c1ccc(-c2c[n-]cn2)cc1. The van der Waals surface area contributed by atoms with E-state index in [1.165, 1.54) is 19.6 Å². The number of para-hydroxylation sites is 6. The number of halogens is 1. The van der Waals surface area contributed by atoms with Crippen LogP contribution in [0.5, 0.6) is 0 Å². The average molecular weight is 2390 g/mol. The first-order valence-electron chi connectivity index (χ1n) is 30.5. The van der Waals surface area contributed by atoms with Gasteiger partial charge in [-0.1, -0.05) is 75.8 Å². The Hall–Kier alpha value is -2.90. The maximum Gasteiger partial charge on any atom is 0 e. The fraction of sp³-hybridized carbons (Fsp3) is 0.0941. The molecule has 530 valence electrons. The van der Waals surface area contributed by atoms with Crippen molar-refractivity contribution in [3.8, 4) is 17.2 Å². The van der Waals surface area contributed by atoms with Gasteiger partial charge in [0.25, 0.3) is 0 Å². The summed E-state index contributed by atoms with van der Waals surface area (Å²) in [4.78, 5) is 37.8. The van der Waals surface area contributed by atoms with Crippen molar-refractivity contribution < 1.29 is 261 Å². The molecule has 0 spiro atoms. The van der Waals surface area contributed by atoms with Gasteiger partial charge in [-0.05, 0) is 30.9 Å². The Balaban J connectivity index is -0.00000121. The normalized spacial score (nSPS) is 9.79. The van der Waals surface area contributed by atoms with E-state index in [-0.39, 0.29) is 241 Å². The molecule has 0 unspecified atom stereocenters. The zero-order valence-electron chi connectivity index (χ0n) is 58.2. The van der Waals surface area contributed by atoms with E-state index in [2.05, 4.69) is 173 Å². The Morgan fingerprint density at radius 1 is 0.390 bits per heavy atom. The van der Waals surface area contributed by atoms with E-state index in [1.54, 1.807) is 32.5 Å². The van der Waals surface area contributed by atoms with Gasteiger partial charge in [0.1, 0.15) is 0 Å². The Morgan fingerprint density at radius 2 is 0.657 bits per heavy atom. The van der Waals surface area contributed by atoms with Crippen molar-refractivity contribution in [3.63, 3.8) is 0 Å². The molecule has 0 aliphatic rings. The summed E-state index contributed by atoms with van der Waals surface area (Å²) in [7, 11) is 8.56. The summed E-state index contributed by atoms with van der Waals surface area (Å²) in [5, 5.41) is 0. The third-order valence-corrected chi connectivity index (χ3v) is 12.7. The molecule has 11 aromatic carbocycles. The van der Waals surface area contributed by atoms with Gasteiger partial charge in [-0.3, -0.25) is 93.9 Å². The molecule has 20 heteroatoms. The van der Waals surface area contributed by atoms with Crippen molar-refractivity contribution in [1.29, 1.82) is 0 Å². The third-order valence-electron chi connectivity index (χ3n) is 12.7. The number of imidazole rings is 1. The molecule has 8 radical (unpaired) electrons. The summed E-state index contributed by atoms with van der Waals surface area (Å²) in [5.74, 6) is 2.32. The summed E-state index contributed by atoms with van der Waals surface area (Å²) in [6.07, 6.45) is 27.9. The molecule has 0 aliphatic heterocycles. The summed E-state index contributed by atoms with van der Waals surface area (Å²) in [6.45, 7) is 10.1. The maximum absolute atomic E-state index is 6.86. The van der Waals surface area contributed by atoms with Crippen LogP contribution in [-0.2, 0) is 261 Å². The molecule has 10 nitrogen and oxygen atoms in total. The third kappa shape index (κ3) is 46.5. The molecule has 105 heavy (non-hydrogen) atoms. The smallest absolute Gasteiger partial charge is 0 e. The molecule has 0 N–H and O–H groups in total. The van der Waals surface area contributed by atoms with Gasteiger partial charge in [-0.15, -0.1) is 17.7 Å². The van der Waals surface area contributed by atoms with Crippen LogP contribution in [0.4, 0.5) is 39.8 Å². The fourth-order valence-electron chi connectivity index (χ4n) is 7.75. The van der Waals surface area contributed by atoms with Gasteiger partial charge in [0.2, 0.25) is 0 Å². The van der Waals surface area contributed by atoms with Crippen LogP contribution in [0, 0.1) is 66.9 Å². The predicted molar refractivity (Wildman–Crippen MR) is 394 cm³/mol.